The summed E-state index contributed by atoms with van der Waals surface area (Å²) in [5.74, 6) is 1.45. The molecule has 0 saturated heterocycles. The van der Waals surface area contributed by atoms with Crippen LogP contribution in [0.2, 0.25) is 0 Å². The number of para-hydroxylation sites is 2. The Kier molecular flexibility index (Phi) is 8.59. The average Bonchev–Trinajstić information content (AvgIpc) is 2.88. The van der Waals surface area contributed by atoms with E-state index in [0.717, 1.165) is 5.56 Å². The van der Waals surface area contributed by atoms with E-state index in [4.69, 9.17) is 14.2 Å². The van der Waals surface area contributed by atoms with Gasteiger partial charge in [-0.2, -0.15) is 0 Å². The summed E-state index contributed by atoms with van der Waals surface area (Å²) in [4.78, 5) is 14.8. The van der Waals surface area contributed by atoms with Crippen molar-refractivity contribution < 1.29 is 27.4 Å². The molecule has 1 N–H and O–H groups in total. The lowest BCUT2D eigenvalue weighted by molar-refractivity contribution is 0.0752. The van der Waals surface area contributed by atoms with Gasteiger partial charge in [0.25, 0.3) is 15.9 Å². The molecule has 0 aliphatic heterocycles. The van der Waals surface area contributed by atoms with Gasteiger partial charge in [0.15, 0.2) is 11.5 Å². The second kappa shape index (κ2) is 11.6. The van der Waals surface area contributed by atoms with Crippen molar-refractivity contribution in [2.45, 2.75) is 25.3 Å². The van der Waals surface area contributed by atoms with Crippen molar-refractivity contribution in [2.24, 2.45) is 0 Å². The van der Waals surface area contributed by atoms with E-state index in [1.54, 1.807) is 36.3 Å². The van der Waals surface area contributed by atoms with Gasteiger partial charge >= 0.3 is 0 Å². The van der Waals surface area contributed by atoms with E-state index in [-0.39, 0.29) is 10.8 Å². The number of nitrogens with one attached hydrogen (secondary N) is 1. The fourth-order valence-electron chi connectivity index (χ4n) is 3.52. The van der Waals surface area contributed by atoms with Crippen molar-refractivity contribution in [2.75, 3.05) is 32.1 Å². The molecule has 0 atom stereocenters. The van der Waals surface area contributed by atoms with Crippen molar-refractivity contribution in [1.29, 1.82) is 0 Å². The first kappa shape index (κ1) is 25.9. The molecule has 8 nitrogen and oxygen atoms in total. The van der Waals surface area contributed by atoms with Gasteiger partial charge in [-0.25, -0.2) is 8.42 Å². The highest BCUT2D eigenvalue weighted by molar-refractivity contribution is 7.92. The van der Waals surface area contributed by atoms with Crippen LogP contribution in [0.15, 0.2) is 71.6 Å². The van der Waals surface area contributed by atoms with Crippen LogP contribution in [-0.2, 0) is 16.6 Å². The predicted octanol–water partition coefficient (Wildman–Crippen LogP) is 4.57. The van der Waals surface area contributed by atoms with Crippen molar-refractivity contribution in [3.8, 4) is 17.2 Å². The van der Waals surface area contributed by atoms with Crippen molar-refractivity contribution in [3.63, 3.8) is 0 Å². The molecule has 3 aromatic carbocycles. The third kappa shape index (κ3) is 6.24. The molecular weight excluding hydrogens is 468 g/mol. The van der Waals surface area contributed by atoms with Gasteiger partial charge in [-0.3, -0.25) is 9.52 Å². The van der Waals surface area contributed by atoms with Crippen molar-refractivity contribution >= 4 is 21.6 Å². The van der Waals surface area contributed by atoms with Crippen LogP contribution in [-0.4, -0.2) is 46.6 Å². The van der Waals surface area contributed by atoms with Crippen molar-refractivity contribution in [3.05, 3.63) is 77.9 Å². The van der Waals surface area contributed by atoms with Crippen LogP contribution < -0.4 is 18.9 Å². The molecule has 0 spiro atoms. The normalized spacial score (nSPS) is 11.0. The van der Waals surface area contributed by atoms with Crippen LogP contribution in [0.1, 0.15) is 29.8 Å². The number of carbonyl (C=O) groups excluding carboxylic acids is 1. The Morgan fingerprint density at radius 3 is 2.20 bits per heavy atom. The number of hydrogen-bond donors (Lipinski definition) is 1. The maximum absolute atomic E-state index is 13.1. The highest BCUT2D eigenvalue weighted by Gasteiger charge is 2.19. The Balaban J connectivity index is 1.76. The van der Waals surface area contributed by atoms with E-state index in [0.29, 0.717) is 48.2 Å². The number of sulfonamides is 1. The number of amides is 1. The number of hydrogen-bond acceptors (Lipinski definition) is 6. The minimum absolute atomic E-state index is 0.0410. The van der Waals surface area contributed by atoms with Gasteiger partial charge in [-0.05, 0) is 67.9 Å². The molecule has 0 aromatic heterocycles. The first-order chi connectivity index (χ1) is 16.8. The number of ether oxygens (including phenoxy) is 3. The van der Waals surface area contributed by atoms with Crippen LogP contribution >= 0.6 is 0 Å². The summed E-state index contributed by atoms with van der Waals surface area (Å²) in [6, 6.07) is 18.2. The number of anilines is 1. The summed E-state index contributed by atoms with van der Waals surface area (Å²) < 4.78 is 44.3. The molecule has 3 rings (SSSR count). The highest BCUT2D eigenvalue weighted by Crippen LogP contribution is 2.29. The lowest BCUT2D eigenvalue weighted by Gasteiger charge is -2.22. The van der Waals surface area contributed by atoms with E-state index >= 15 is 0 Å². The Morgan fingerprint density at radius 1 is 0.886 bits per heavy atom. The topological polar surface area (TPSA) is 94.2 Å². The lowest BCUT2D eigenvalue weighted by Crippen LogP contribution is -2.30. The largest absolute Gasteiger partial charge is 0.495 e. The Labute approximate surface area is 206 Å². The van der Waals surface area contributed by atoms with Gasteiger partial charge in [0.05, 0.1) is 31.4 Å². The summed E-state index contributed by atoms with van der Waals surface area (Å²) in [6.45, 7) is 5.16. The lowest BCUT2D eigenvalue weighted by atomic mass is 10.1. The van der Waals surface area contributed by atoms with Gasteiger partial charge in [0.2, 0.25) is 0 Å². The molecule has 35 heavy (non-hydrogen) atoms. The molecule has 1 amide bonds. The molecule has 0 unspecified atom stereocenters. The summed E-state index contributed by atoms with van der Waals surface area (Å²) in [6.07, 6.45) is 0. The fraction of sp³-hybridized carbons (Fsp3) is 0.269. The van der Waals surface area contributed by atoms with Gasteiger partial charge < -0.3 is 19.1 Å². The third-order valence-corrected chi connectivity index (χ3v) is 6.71. The third-order valence-electron chi connectivity index (χ3n) is 5.33. The average molecular weight is 499 g/mol. The zero-order chi connectivity index (χ0) is 25.4. The SMILES string of the molecule is CCOc1ccc(CN(CC)C(=O)c2ccc(S(=O)(=O)Nc3ccccc3OC)cc2)cc1OC. The quantitative estimate of drug-likeness (QED) is 0.416. The molecular formula is C26H30N2O6S. The number of nitrogens with zero attached hydrogens (tertiary/aromatic N) is 1. The molecule has 0 fully saturated rings. The first-order valence-corrected chi connectivity index (χ1v) is 12.7. The molecule has 9 heteroatoms. The van der Waals surface area contributed by atoms with E-state index in [1.165, 1.54) is 31.4 Å². The van der Waals surface area contributed by atoms with Crippen LogP contribution in [0.5, 0.6) is 17.2 Å². The molecule has 0 heterocycles. The number of benzene rings is 3. The Bertz CT molecular complexity index is 1260. The Morgan fingerprint density at radius 2 is 1.57 bits per heavy atom. The van der Waals surface area contributed by atoms with E-state index in [9.17, 15) is 13.2 Å². The zero-order valence-electron chi connectivity index (χ0n) is 20.3. The van der Waals surface area contributed by atoms with E-state index < -0.39 is 10.0 Å². The molecule has 0 aliphatic carbocycles. The van der Waals surface area contributed by atoms with Gasteiger partial charge in [0.1, 0.15) is 5.75 Å². The number of rotatable bonds is 11. The minimum atomic E-state index is -3.86. The number of carbonyl (C=O) groups is 1. The van der Waals surface area contributed by atoms with Crippen LogP contribution in [0.4, 0.5) is 5.69 Å². The minimum Gasteiger partial charge on any atom is -0.495 e. The van der Waals surface area contributed by atoms with Crippen LogP contribution in [0.3, 0.4) is 0 Å². The monoisotopic (exact) mass is 498 g/mol. The summed E-state index contributed by atoms with van der Waals surface area (Å²) in [5, 5.41) is 0. The van der Waals surface area contributed by atoms with Crippen LogP contribution in [0, 0.1) is 0 Å². The summed E-state index contributed by atoms with van der Waals surface area (Å²) in [5.41, 5.74) is 1.61. The second-order valence-electron chi connectivity index (χ2n) is 7.57. The molecule has 3 aromatic rings. The van der Waals surface area contributed by atoms with E-state index in [2.05, 4.69) is 4.72 Å². The van der Waals surface area contributed by atoms with Gasteiger partial charge in [0, 0.05) is 18.7 Å². The molecule has 186 valence electrons. The molecule has 0 aliphatic rings. The van der Waals surface area contributed by atoms with Crippen molar-refractivity contribution in [1.82, 2.24) is 4.90 Å². The van der Waals surface area contributed by atoms with Gasteiger partial charge in [-0.1, -0.05) is 18.2 Å². The van der Waals surface area contributed by atoms with Gasteiger partial charge in [-0.15, -0.1) is 0 Å². The van der Waals surface area contributed by atoms with Crippen LogP contribution in [0.25, 0.3) is 0 Å². The summed E-state index contributed by atoms with van der Waals surface area (Å²) in [7, 11) is -0.819. The zero-order valence-corrected chi connectivity index (χ0v) is 21.1. The molecule has 0 saturated carbocycles. The first-order valence-electron chi connectivity index (χ1n) is 11.2. The summed E-state index contributed by atoms with van der Waals surface area (Å²) >= 11 is 0. The maximum atomic E-state index is 13.1. The second-order valence-corrected chi connectivity index (χ2v) is 9.25. The Hall–Kier alpha value is -3.72. The molecule has 0 radical (unpaired) electrons. The van der Waals surface area contributed by atoms with E-state index in [1.807, 2.05) is 32.0 Å². The standard InChI is InChI=1S/C26H30N2O6S/c1-5-28(18-19-11-16-24(34-6-2)25(17-19)33-4)26(29)20-12-14-21(15-13-20)35(30,31)27-22-9-7-8-10-23(22)32-3/h7-17,27H,5-6,18H2,1-4H3. The maximum Gasteiger partial charge on any atom is 0.262 e. The predicted molar refractivity (Wildman–Crippen MR) is 135 cm³/mol. The molecule has 0 bridgehead atoms. The highest BCUT2D eigenvalue weighted by atomic mass is 32.2. The smallest absolute Gasteiger partial charge is 0.262 e. The fourth-order valence-corrected chi connectivity index (χ4v) is 4.59. The number of methoxy groups -OCH3 is 2.